The van der Waals surface area contributed by atoms with Crippen molar-refractivity contribution in [2.45, 2.75) is 17.8 Å². The summed E-state index contributed by atoms with van der Waals surface area (Å²) in [5.41, 5.74) is 1.95. The van der Waals surface area contributed by atoms with Crippen LogP contribution < -0.4 is 0 Å². The Bertz CT molecular complexity index is 929. The minimum Gasteiger partial charge on any atom is -0.444 e. The van der Waals surface area contributed by atoms with E-state index in [0.717, 1.165) is 27.2 Å². The standard InChI is InChI=1S/C17H14N4OS2/c1-12-19-20-17(21(12)14-6-3-2-4-7-14)24-11-13-10-22-16(18-13)15-8-5-9-23-15/h2-10H,11H2,1H3. The summed E-state index contributed by atoms with van der Waals surface area (Å²) in [5.74, 6) is 2.21. The molecule has 0 aliphatic carbocycles. The number of para-hydroxylation sites is 1. The molecule has 0 saturated carbocycles. The molecule has 0 aliphatic rings. The van der Waals surface area contributed by atoms with Crippen LogP contribution in [0.3, 0.4) is 0 Å². The molecule has 3 heterocycles. The van der Waals surface area contributed by atoms with Gasteiger partial charge in [0.05, 0.1) is 10.6 Å². The molecule has 0 atom stereocenters. The van der Waals surface area contributed by atoms with Crippen molar-refractivity contribution in [3.8, 4) is 16.5 Å². The van der Waals surface area contributed by atoms with Gasteiger partial charge < -0.3 is 4.42 Å². The highest BCUT2D eigenvalue weighted by Crippen LogP contribution is 2.28. The maximum atomic E-state index is 5.56. The number of benzene rings is 1. The number of hydrogen-bond donors (Lipinski definition) is 0. The van der Waals surface area contributed by atoms with E-state index in [9.17, 15) is 0 Å². The largest absolute Gasteiger partial charge is 0.444 e. The summed E-state index contributed by atoms with van der Waals surface area (Å²) < 4.78 is 7.61. The molecule has 7 heteroatoms. The van der Waals surface area contributed by atoms with E-state index >= 15 is 0 Å². The van der Waals surface area contributed by atoms with E-state index in [0.29, 0.717) is 11.6 Å². The minimum absolute atomic E-state index is 0.668. The van der Waals surface area contributed by atoms with Gasteiger partial charge >= 0.3 is 0 Å². The molecule has 0 aliphatic heterocycles. The van der Waals surface area contributed by atoms with Crippen LogP contribution in [0, 0.1) is 6.92 Å². The lowest BCUT2D eigenvalue weighted by molar-refractivity contribution is 0.575. The van der Waals surface area contributed by atoms with Crippen molar-refractivity contribution < 1.29 is 4.42 Å². The summed E-state index contributed by atoms with van der Waals surface area (Å²) in [6, 6.07) is 14.1. The molecule has 3 aromatic heterocycles. The average Bonchev–Trinajstić information content (AvgIpc) is 3.34. The number of thiophene rings is 1. The zero-order chi connectivity index (χ0) is 16.4. The molecule has 0 bridgehead atoms. The second-order valence-electron chi connectivity index (χ2n) is 5.11. The Morgan fingerprint density at radius 2 is 2.00 bits per heavy atom. The zero-order valence-electron chi connectivity index (χ0n) is 12.9. The maximum Gasteiger partial charge on any atom is 0.236 e. The Balaban J connectivity index is 1.53. The van der Waals surface area contributed by atoms with Crippen molar-refractivity contribution in [2.24, 2.45) is 0 Å². The molecule has 1 aromatic carbocycles. The third kappa shape index (κ3) is 3.00. The summed E-state index contributed by atoms with van der Waals surface area (Å²) in [6.07, 6.45) is 1.71. The van der Waals surface area contributed by atoms with Gasteiger partial charge in [0.25, 0.3) is 0 Å². The van der Waals surface area contributed by atoms with Gasteiger partial charge in [-0.2, -0.15) is 0 Å². The normalized spacial score (nSPS) is 11.0. The molecule has 0 radical (unpaired) electrons. The van der Waals surface area contributed by atoms with Crippen molar-refractivity contribution in [3.05, 3.63) is 65.6 Å². The van der Waals surface area contributed by atoms with Crippen LogP contribution in [0.25, 0.3) is 16.5 Å². The molecule has 0 N–H and O–H groups in total. The number of aryl methyl sites for hydroxylation is 1. The van der Waals surface area contributed by atoms with Gasteiger partial charge in [-0.15, -0.1) is 21.5 Å². The van der Waals surface area contributed by atoms with Crippen LogP contribution in [0.2, 0.25) is 0 Å². The molecule has 120 valence electrons. The molecule has 4 aromatic rings. The van der Waals surface area contributed by atoms with E-state index in [1.165, 1.54) is 0 Å². The molecule has 0 amide bonds. The van der Waals surface area contributed by atoms with Crippen molar-refractivity contribution in [2.75, 3.05) is 0 Å². The number of hydrogen-bond acceptors (Lipinski definition) is 6. The summed E-state index contributed by atoms with van der Waals surface area (Å²) in [4.78, 5) is 5.58. The molecule has 0 spiro atoms. The van der Waals surface area contributed by atoms with E-state index in [-0.39, 0.29) is 0 Å². The van der Waals surface area contributed by atoms with E-state index in [1.54, 1.807) is 29.4 Å². The fourth-order valence-corrected chi connectivity index (χ4v) is 3.87. The topological polar surface area (TPSA) is 56.7 Å². The van der Waals surface area contributed by atoms with Gasteiger partial charge in [0.15, 0.2) is 5.16 Å². The quantitative estimate of drug-likeness (QED) is 0.491. The Hall–Kier alpha value is -2.38. The first-order valence-electron chi connectivity index (χ1n) is 7.40. The predicted octanol–water partition coefficient (Wildman–Crippen LogP) is 4.58. The first kappa shape index (κ1) is 15.2. The number of nitrogens with zero attached hydrogens (tertiary/aromatic N) is 4. The van der Waals surface area contributed by atoms with E-state index < -0.39 is 0 Å². The van der Waals surface area contributed by atoms with E-state index in [4.69, 9.17) is 4.42 Å². The van der Waals surface area contributed by atoms with Gasteiger partial charge in [-0.25, -0.2) is 4.98 Å². The minimum atomic E-state index is 0.668. The lowest BCUT2D eigenvalue weighted by Crippen LogP contribution is -1.98. The van der Waals surface area contributed by atoms with Crippen LogP contribution in [0.4, 0.5) is 0 Å². The zero-order valence-corrected chi connectivity index (χ0v) is 14.5. The van der Waals surface area contributed by atoms with Crippen molar-refractivity contribution in [1.82, 2.24) is 19.7 Å². The van der Waals surface area contributed by atoms with E-state index in [2.05, 4.69) is 15.2 Å². The lowest BCUT2D eigenvalue weighted by Gasteiger charge is -2.07. The number of aromatic nitrogens is 4. The smallest absolute Gasteiger partial charge is 0.236 e. The van der Waals surface area contributed by atoms with Gasteiger partial charge in [-0.1, -0.05) is 36.0 Å². The summed E-state index contributed by atoms with van der Waals surface area (Å²) >= 11 is 3.21. The first-order valence-corrected chi connectivity index (χ1v) is 9.26. The van der Waals surface area contributed by atoms with Crippen LogP contribution in [-0.2, 0) is 5.75 Å². The monoisotopic (exact) mass is 354 g/mol. The van der Waals surface area contributed by atoms with Crippen molar-refractivity contribution in [1.29, 1.82) is 0 Å². The van der Waals surface area contributed by atoms with Gasteiger partial charge in [0.2, 0.25) is 5.89 Å². The molecule has 0 saturated heterocycles. The highest BCUT2D eigenvalue weighted by Gasteiger charge is 2.13. The lowest BCUT2D eigenvalue weighted by atomic mass is 10.3. The summed E-state index contributed by atoms with van der Waals surface area (Å²) in [6.45, 7) is 1.95. The molecule has 4 rings (SSSR count). The molecule has 24 heavy (non-hydrogen) atoms. The third-order valence-electron chi connectivity index (χ3n) is 3.44. The fraction of sp³-hybridized carbons (Fsp3) is 0.118. The van der Waals surface area contributed by atoms with Crippen LogP contribution in [0.15, 0.2) is 63.7 Å². The highest BCUT2D eigenvalue weighted by atomic mass is 32.2. The maximum absolute atomic E-state index is 5.56. The predicted molar refractivity (Wildman–Crippen MR) is 95.5 cm³/mol. The Labute approximate surface area is 147 Å². The Morgan fingerprint density at radius 1 is 1.12 bits per heavy atom. The summed E-state index contributed by atoms with van der Waals surface area (Å²) in [7, 11) is 0. The van der Waals surface area contributed by atoms with Crippen molar-refractivity contribution in [3.63, 3.8) is 0 Å². The van der Waals surface area contributed by atoms with Gasteiger partial charge in [-0.3, -0.25) is 4.57 Å². The third-order valence-corrected chi connectivity index (χ3v) is 5.26. The van der Waals surface area contributed by atoms with Crippen LogP contribution in [0.1, 0.15) is 11.5 Å². The summed E-state index contributed by atoms with van der Waals surface area (Å²) in [5, 5.41) is 11.3. The van der Waals surface area contributed by atoms with E-state index in [1.807, 2.05) is 59.3 Å². The molecule has 5 nitrogen and oxygen atoms in total. The van der Waals surface area contributed by atoms with Crippen LogP contribution >= 0.6 is 23.1 Å². The highest BCUT2D eigenvalue weighted by molar-refractivity contribution is 7.98. The average molecular weight is 354 g/mol. The number of thioether (sulfide) groups is 1. The van der Waals surface area contributed by atoms with Crippen LogP contribution in [-0.4, -0.2) is 19.7 Å². The molecule has 0 fully saturated rings. The van der Waals surface area contributed by atoms with Gasteiger partial charge in [-0.05, 0) is 30.5 Å². The molecular weight excluding hydrogens is 340 g/mol. The fourth-order valence-electron chi connectivity index (χ4n) is 2.34. The molecule has 0 unspecified atom stereocenters. The van der Waals surface area contributed by atoms with Crippen molar-refractivity contribution >= 4 is 23.1 Å². The van der Waals surface area contributed by atoms with Gasteiger partial charge in [0, 0.05) is 11.4 Å². The first-order chi connectivity index (χ1) is 11.8. The van der Waals surface area contributed by atoms with Crippen LogP contribution in [0.5, 0.6) is 0 Å². The molecular formula is C17H14N4OS2. The SMILES string of the molecule is Cc1nnc(SCc2coc(-c3cccs3)n2)n1-c1ccccc1. The number of rotatable bonds is 5. The Kier molecular flexibility index (Phi) is 4.18. The second kappa shape index (κ2) is 6.62. The Morgan fingerprint density at radius 3 is 2.79 bits per heavy atom. The van der Waals surface area contributed by atoms with Gasteiger partial charge in [0.1, 0.15) is 12.1 Å². The number of oxazole rings is 1. The second-order valence-corrected chi connectivity index (χ2v) is 7.00.